The van der Waals surface area contributed by atoms with Gasteiger partial charge < -0.3 is 9.80 Å². The first-order chi connectivity index (χ1) is 19.8. The summed E-state index contributed by atoms with van der Waals surface area (Å²) in [5.41, 5.74) is 1.43. The molecule has 1 aromatic rings. The molecule has 2 heteroatoms. The predicted octanol–water partition coefficient (Wildman–Crippen LogP) is 12.4. The molecule has 0 spiro atoms. The van der Waals surface area contributed by atoms with Gasteiger partial charge in [0.15, 0.2) is 0 Å². The van der Waals surface area contributed by atoms with Crippen molar-refractivity contribution in [1.29, 1.82) is 0 Å². The zero-order valence-electron chi connectivity index (χ0n) is 27.1. The Balaban J connectivity index is 1.51. The average molecular weight is 553 g/mol. The smallest absolute Gasteiger partial charge is 0.101 e. The highest BCUT2D eigenvalue weighted by Crippen LogP contribution is 2.25. The van der Waals surface area contributed by atoms with Crippen LogP contribution in [-0.2, 0) is 6.54 Å². The molecule has 1 aliphatic heterocycles. The lowest BCUT2D eigenvalue weighted by Gasteiger charge is -2.33. The first kappa shape index (κ1) is 34.8. The Bertz CT molecular complexity index is 684. The van der Waals surface area contributed by atoms with Crippen LogP contribution in [0, 0.1) is 0 Å². The first-order valence-electron chi connectivity index (χ1n) is 18.1. The van der Waals surface area contributed by atoms with E-state index in [4.69, 9.17) is 0 Å². The van der Waals surface area contributed by atoms with E-state index in [1.54, 1.807) is 0 Å². The normalized spacial score (nSPS) is 15.0. The maximum Gasteiger partial charge on any atom is 0.101 e. The highest BCUT2D eigenvalue weighted by molar-refractivity contribution is 5.16. The van der Waals surface area contributed by atoms with Crippen LogP contribution in [0.2, 0.25) is 0 Å². The molecule has 1 aromatic carbocycles. The van der Waals surface area contributed by atoms with E-state index in [9.17, 15) is 0 Å². The number of nitrogens with zero attached hydrogens (tertiary/aromatic N) is 2. The SMILES string of the molecule is CCCCCCCCCCCCCCCCCCCN1C=CN(Cc2ccccc2)C1CCCCCCCCC. The fraction of sp³-hybridized carbons (Fsp3) is 0.789. The highest BCUT2D eigenvalue weighted by Gasteiger charge is 2.25. The van der Waals surface area contributed by atoms with Crippen molar-refractivity contribution in [1.82, 2.24) is 9.80 Å². The standard InChI is InChI=1S/C38H68N2/c1-3-5-7-9-11-12-13-14-15-16-17-18-19-20-22-24-29-33-39-34-35-40(36-37-30-26-25-27-31-37)38(39)32-28-23-21-10-8-6-4-2/h25-27,30-31,34-35,38H,3-24,28-29,32-33,36H2,1-2H3. The molecular formula is C38H68N2. The summed E-state index contributed by atoms with van der Waals surface area (Å²) < 4.78 is 0. The van der Waals surface area contributed by atoms with Crippen molar-refractivity contribution in [3.8, 4) is 0 Å². The molecule has 1 unspecified atom stereocenters. The number of hydrogen-bond donors (Lipinski definition) is 0. The van der Waals surface area contributed by atoms with Crippen molar-refractivity contribution < 1.29 is 0 Å². The Morgan fingerprint density at radius 3 is 1.32 bits per heavy atom. The Labute approximate surface area is 251 Å². The summed E-state index contributed by atoms with van der Waals surface area (Å²) in [5, 5.41) is 0. The molecular weight excluding hydrogens is 484 g/mol. The van der Waals surface area contributed by atoms with E-state index in [1.807, 2.05) is 0 Å². The molecule has 40 heavy (non-hydrogen) atoms. The maximum atomic E-state index is 2.66. The summed E-state index contributed by atoms with van der Waals surface area (Å²) in [4.78, 5) is 5.26. The second-order valence-corrected chi connectivity index (χ2v) is 12.7. The van der Waals surface area contributed by atoms with Crippen molar-refractivity contribution in [2.75, 3.05) is 6.54 Å². The van der Waals surface area contributed by atoms with Crippen molar-refractivity contribution >= 4 is 0 Å². The van der Waals surface area contributed by atoms with Crippen molar-refractivity contribution in [3.63, 3.8) is 0 Å². The van der Waals surface area contributed by atoms with Crippen LogP contribution in [-0.4, -0.2) is 22.5 Å². The summed E-state index contributed by atoms with van der Waals surface area (Å²) in [5.74, 6) is 0. The van der Waals surface area contributed by atoms with Gasteiger partial charge in [-0.15, -0.1) is 0 Å². The highest BCUT2D eigenvalue weighted by atomic mass is 15.4. The lowest BCUT2D eigenvalue weighted by atomic mass is 10.0. The number of rotatable bonds is 28. The van der Waals surface area contributed by atoms with Gasteiger partial charge in [-0.3, -0.25) is 0 Å². The molecule has 2 nitrogen and oxygen atoms in total. The first-order valence-corrected chi connectivity index (χ1v) is 18.1. The van der Waals surface area contributed by atoms with E-state index >= 15 is 0 Å². The third-order valence-corrected chi connectivity index (χ3v) is 9.01. The minimum absolute atomic E-state index is 0.553. The number of hydrogen-bond acceptors (Lipinski definition) is 2. The quantitative estimate of drug-likeness (QED) is 0.0954. The van der Waals surface area contributed by atoms with Gasteiger partial charge in [0.05, 0.1) is 0 Å². The van der Waals surface area contributed by atoms with E-state index in [0.717, 1.165) is 6.54 Å². The fourth-order valence-electron chi connectivity index (χ4n) is 6.37. The topological polar surface area (TPSA) is 6.48 Å². The van der Waals surface area contributed by atoms with E-state index in [1.165, 1.54) is 173 Å². The molecule has 230 valence electrons. The molecule has 0 fully saturated rings. The van der Waals surface area contributed by atoms with E-state index in [2.05, 4.69) is 66.4 Å². The van der Waals surface area contributed by atoms with Gasteiger partial charge in [-0.05, 0) is 24.8 Å². The lowest BCUT2D eigenvalue weighted by Crippen LogP contribution is -2.38. The van der Waals surface area contributed by atoms with E-state index in [-0.39, 0.29) is 0 Å². The molecule has 0 N–H and O–H groups in total. The number of unbranched alkanes of at least 4 members (excludes halogenated alkanes) is 22. The van der Waals surface area contributed by atoms with E-state index in [0.29, 0.717) is 6.17 Å². The van der Waals surface area contributed by atoms with Crippen molar-refractivity contribution in [3.05, 3.63) is 48.3 Å². The molecule has 2 rings (SSSR count). The molecule has 0 radical (unpaired) electrons. The molecule has 0 aromatic heterocycles. The molecule has 1 heterocycles. The van der Waals surface area contributed by atoms with Gasteiger partial charge in [0.1, 0.15) is 6.17 Å². The zero-order chi connectivity index (χ0) is 28.4. The number of benzene rings is 1. The monoisotopic (exact) mass is 553 g/mol. The Hall–Kier alpha value is -1.44. The van der Waals surface area contributed by atoms with Gasteiger partial charge in [0.25, 0.3) is 0 Å². The van der Waals surface area contributed by atoms with Crippen LogP contribution in [0.3, 0.4) is 0 Å². The second-order valence-electron chi connectivity index (χ2n) is 12.7. The minimum atomic E-state index is 0.553. The predicted molar refractivity (Wildman–Crippen MR) is 178 cm³/mol. The van der Waals surface area contributed by atoms with Gasteiger partial charge in [-0.2, -0.15) is 0 Å². The summed E-state index contributed by atoms with van der Waals surface area (Å²) in [6, 6.07) is 11.0. The third kappa shape index (κ3) is 17.4. The molecule has 1 aliphatic rings. The van der Waals surface area contributed by atoms with Gasteiger partial charge in [0, 0.05) is 25.5 Å². The summed E-state index contributed by atoms with van der Waals surface area (Å²) in [7, 11) is 0. The maximum absolute atomic E-state index is 2.66. The van der Waals surface area contributed by atoms with Crippen LogP contribution in [0.1, 0.15) is 180 Å². The molecule has 0 aliphatic carbocycles. The van der Waals surface area contributed by atoms with Gasteiger partial charge in [-0.25, -0.2) is 0 Å². The Morgan fingerprint density at radius 1 is 0.450 bits per heavy atom. The van der Waals surface area contributed by atoms with Crippen molar-refractivity contribution in [2.45, 2.75) is 187 Å². The average Bonchev–Trinajstić information content (AvgIpc) is 3.35. The molecule has 0 bridgehead atoms. The van der Waals surface area contributed by atoms with Gasteiger partial charge in [-0.1, -0.05) is 185 Å². The van der Waals surface area contributed by atoms with Crippen LogP contribution in [0.4, 0.5) is 0 Å². The molecule has 0 saturated carbocycles. The second kappa shape index (κ2) is 25.3. The summed E-state index contributed by atoms with van der Waals surface area (Å²) in [6.07, 6.45) is 40.9. The molecule has 1 atom stereocenters. The van der Waals surface area contributed by atoms with Crippen LogP contribution in [0.15, 0.2) is 42.7 Å². The molecule has 0 saturated heterocycles. The van der Waals surface area contributed by atoms with Crippen LogP contribution in [0.25, 0.3) is 0 Å². The minimum Gasteiger partial charge on any atom is -0.356 e. The van der Waals surface area contributed by atoms with E-state index < -0.39 is 0 Å². The Morgan fingerprint density at radius 2 is 0.850 bits per heavy atom. The fourth-order valence-corrected chi connectivity index (χ4v) is 6.37. The largest absolute Gasteiger partial charge is 0.356 e. The summed E-state index contributed by atoms with van der Waals surface area (Å²) in [6.45, 7) is 6.87. The van der Waals surface area contributed by atoms with Crippen LogP contribution >= 0.6 is 0 Å². The zero-order valence-corrected chi connectivity index (χ0v) is 27.1. The lowest BCUT2D eigenvalue weighted by molar-refractivity contribution is 0.132. The summed E-state index contributed by atoms with van der Waals surface area (Å²) >= 11 is 0. The molecule has 0 amide bonds. The Kier molecular flexibility index (Phi) is 22.0. The van der Waals surface area contributed by atoms with Gasteiger partial charge in [0.2, 0.25) is 0 Å². The van der Waals surface area contributed by atoms with Crippen LogP contribution < -0.4 is 0 Å². The third-order valence-electron chi connectivity index (χ3n) is 9.01. The van der Waals surface area contributed by atoms with Crippen molar-refractivity contribution in [2.24, 2.45) is 0 Å². The van der Waals surface area contributed by atoms with Gasteiger partial charge >= 0.3 is 0 Å². The van der Waals surface area contributed by atoms with Crippen LogP contribution in [0.5, 0.6) is 0 Å².